The molecule has 0 atom stereocenters. The number of carbonyl (C=O) groups excluding carboxylic acids is 2. The number of imide groups is 1. The number of carbonyl (C=O) groups is 2. The first kappa shape index (κ1) is 25.2. The summed E-state index contributed by atoms with van der Waals surface area (Å²) >= 11 is 10.2. The average molecular weight is 575 g/mol. The van der Waals surface area contributed by atoms with E-state index >= 15 is 0 Å². The van der Waals surface area contributed by atoms with Crippen LogP contribution in [-0.4, -0.2) is 36.3 Å². The van der Waals surface area contributed by atoms with E-state index < -0.39 is 0 Å². The van der Waals surface area contributed by atoms with E-state index in [2.05, 4.69) is 15.9 Å². The first-order valence-corrected chi connectivity index (χ1v) is 12.6. The van der Waals surface area contributed by atoms with Crippen LogP contribution in [0.2, 0.25) is 5.02 Å². The number of thioether (sulfide) groups is 1. The van der Waals surface area contributed by atoms with Crippen molar-refractivity contribution in [2.24, 2.45) is 0 Å². The van der Waals surface area contributed by atoms with Gasteiger partial charge >= 0.3 is 0 Å². The van der Waals surface area contributed by atoms with Crippen LogP contribution < -0.4 is 14.2 Å². The lowest BCUT2D eigenvalue weighted by Crippen LogP contribution is -2.32. The molecule has 0 spiro atoms. The summed E-state index contributed by atoms with van der Waals surface area (Å²) in [5, 5.41) is 0.275. The van der Waals surface area contributed by atoms with E-state index in [-0.39, 0.29) is 24.3 Å². The Morgan fingerprint density at radius 3 is 2.43 bits per heavy atom. The largest absolute Gasteiger partial charge is 0.493 e. The van der Waals surface area contributed by atoms with Gasteiger partial charge in [-0.1, -0.05) is 45.7 Å². The van der Waals surface area contributed by atoms with E-state index in [1.54, 1.807) is 49.6 Å². The van der Waals surface area contributed by atoms with E-state index in [0.717, 1.165) is 27.4 Å². The van der Waals surface area contributed by atoms with Gasteiger partial charge in [0, 0.05) is 9.50 Å². The molecule has 6 nitrogen and oxygen atoms in total. The first-order chi connectivity index (χ1) is 16.9. The lowest BCUT2D eigenvalue weighted by Gasteiger charge is -2.13. The van der Waals surface area contributed by atoms with Crippen LogP contribution >= 0.6 is 39.3 Å². The Kier molecular flexibility index (Phi) is 8.38. The zero-order valence-electron chi connectivity index (χ0n) is 18.7. The second-order valence-corrected chi connectivity index (χ2v) is 9.81. The van der Waals surface area contributed by atoms with Crippen molar-refractivity contribution in [1.82, 2.24) is 4.90 Å². The van der Waals surface area contributed by atoms with Gasteiger partial charge in [-0.15, -0.1) is 0 Å². The van der Waals surface area contributed by atoms with Gasteiger partial charge in [-0.25, -0.2) is 0 Å². The van der Waals surface area contributed by atoms with E-state index in [1.807, 2.05) is 30.3 Å². The van der Waals surface area contributed by atoms with Gasteiger partial charge in [-0.3, -0.25) is 14.5 Å². The fourth-order valence-electron chi connectivity index (χ4n) is 3.26. The van der Waals surface area contributed by atoms with Crippen molar-refractivity contribution in [3.8, 4) is 17.2 Å². The lowest BCUT2D eigenvalue weighted by atomic mass is 10.1. The molecular weight excluding hydrogens is 554 g/mol. The molecule has 0 unspecified atom stereocenters. The maximum Gasteiger partial charge on any atom is 0.293 e. The molecule has 0 aliphatic carbocycles. The highest BCUT2D eigenvalue weighted by atomic mass is 79.9. The molecule has 9 heteroatoms. The second-order valence-electron chi connectivity index (χ2n) is 7.46. The predicted molar refractivity (Wildman–Crippen MR) is 141 cm³/mol. The van der Waals surface area contributed by atoms with Crippen LogP contribution in [0.15, 0.2) is 76.1 Å². The van der Waals surface area contributed by atoms with Crippen molar-refractivity contribution in [2.75, 3.05) is 20.3 Å². The molecule has 4 rings (SSSR count). The van der Waals surface area contributed by atoms with Crippen molar-refractivity contribution in [2.45, 2.75) is 6.61 Å². The Labute approximate surface area is 220 Å². The molecule has 3 aromatic rings. The van der Waals surface area contributed by atoms with Crippen molar-refractivity contribution in [3.05, 3.63) is 92.3 Å². The van der Waals surface area contributed by atoms with Gasteiger partial charge in [0.25, 0.3) is 11.1 Å². The Hall–Kier alpha value is -2.94. The molecule has 2 amide bonds. The number of methoxy groups -OCH3 is 1. The third-order valence-electron chi connectivity index (χ3n) is 5.06. The summed E-state index contributed by atoms with van der Waals surface area (Å²) in [4.78, 5) is 26.7. The average Bonchev–Trinajstić information content (AvgIpc) is 3.12. The lowest BCUT2D eigenvalue weighted by molar-refractivity contribution is -0.123. The summed E-state index contributed by atoms with van der Waals surface area (Å²) in [5.41, 5.74) is 1.74. The molecule has 1 saturated heterocycles. The number of hydrogen-bond acceptors (Lipinski definition) is 6. The first-order valence-electron chi connectivity index (χ1n) is 10.6. The summed E-state index contributed by atoms with van der Waals surface area (Å²) in [6, 6.07) is 20.1. The van der Waals surface area contributed by atoms with E-state index in [0.29, 0.717) is 33.8 Å². The minimum Gasteiger partial charge on any atom is -0.493 e. The molecule has 1 aliphatic rings. The van der Waals surface area contributed by atoms with Gasteiger partial charge in [-0.05, 0) is 77.5 Å². The summed E-state index contributed by atoms with van der Waals surface area (Å²) < 4.78 is 18.0. The predicted octanol–water partition coefficient (Wildman–Crippen LogP) is 6.81. The summed E-state index contributed by atoms with van der Waals surface area (Å²) in [6.07, 6.45) is 1.67. The van der Waals surface area contributed by atoms with Gasteiger partial charge in [0.05, 0.1) is 18.6 Å². The molecule has 180 valence electrons. The fourth-order valence-corrected chi connectivity index (χ4v) is 4.52. The SMILES string of the molecule is COc1cc(/C=C2\SC(=O)N(CCOc3ccc(Cl)cc3)C2=O)ccc1OCc1ccc(Br)cc1. The summed E-state index contributed by atoms with van der Waals surface area (Å²) in [7, 11) is 1.56. The highest BCUT2D eigenvalue weighted by Crippen LogP contribution is 2.34. The highest BCUT2D eigenvalue weighted by Gasteiger charge is 2.34. The molecule has 0 N–H and O–H groups in total. The smallest absolute Gasteiger partial charge is 0.293 e. The number of benzene rings is 3. The van der Waals surface area contributed by atoms with Gasteiger partial charge in [0.1, 0.15) is 19.0 Å². The number of halogens is 2. The maximum absolute atomic E-state index is 12.8. The molecule has 1 heterocycles. The van der Waals surface area contributed by atoms with Crippen molar-refractivity contribution in [1.29, 1.82) is 0 Å². The number of nitrogens with zero attached hydrogens (tertiary/aromatic N) is 1. The molecule has 35 heavy (non-hydrogen) atoms. The van der Waals surface area contributed by atoms with Gasteiger partial charge in [-0.2, -0.15) is 0 Å². The third kappa shape index (κ3) is 6.60. The Morgan fingerprint density at radius 2 is 1.71 bits per heavy atom. The van der Waals surface area contributed by atoms with Crippen LogP contribution in [0.5, 0.6) is 17.2 Å². The number of ether oxygens (including phenoxy) is 3. The maximum atomic E-state index is 12.8. The molecule has 1 fully saturated rings. The highest BCUT2D eigenvalue weighted by molar-refractivity contribution is 9.10. The Balaban J connectivity index is 1.38. The number of hydrogen-bond donors (Lipinski definition) is 0. The minimum absolute atomic E-state index is 0.150. The van der Waals surface area contributed by atoms with Crippen molar-refractivity contribution >= 4 is 56.5 Å². The molecule has 3 aromatic carbocycles. The monoisotopic (exact) mass is 573 g/mol. The van der Waals surface area contributed by atoms with Gasteiger partial charge < -0.3 is 14.2 Å². The van der Waals surface area contributed by atoms with Crippen molar-refractivity contribution in [3.63, 3.8) is 0 Å². The summed E-state index contributed by atoms with van der Waals surface area (Å²) in [5.74, 6) is 1.38. The van der Waals surface area contributed by atoms with Crippen LogP contribution in [0.25, 0.3) is 6.08 Å². The normalized spacial score (nSPS) is 14.5. The number of rotatable bonds is 9. The minimum atomic E-state index is -0.353. The molecular formula is C26H21BrClNO5S. The summed E-state index contributed by atoms with van der Waals surface area (Å²) in [6.45, 7) is 0.724. The Bertz CT molecular complexity index is 1250. The van der Waals surface area contributed by atoms with Crippen LogP contribution in [0.1, 0.15) is 11.1 Å². The number of amides is 2. The molecule has 0 radical (unpaired) electrons. The van der Waals surface area contributed by atoms with E-state index in [4.69, 9.17) is 25.8 Å². The molecule has 0 bridgehead atoms. The van der Waals surface area contributed by atoms with E-state index in [9.17, 15) is 9.59 Å². The molecule has 1 aliphatic heterocycles. The second kappa shape index (κ2) is 11.7. The van der Waals surface area contributed by atoms with Crippen LogP contribution in [0.4, 0.5) is 4.79 Å². The van der Waals surface area contributed by atoms with Crippen LogP contribution in [-0.2, 0) is 11.4 Å². The topological polar surface area (TPSA) is 65.1 Å². The van der Waals surface area contributed by atoms with Gasteiger partial charge in [0.2, 0.25) is 0 Å². The van der Waals surface area contributed by atoms with Gasteiger partial charge in [0.15, 0.2) is 11.5 Å². The quantitative estimate of drug-likeness (QED) is 0.262. The zero-order chi connectivity index (χ0) is 24.8. The van der Waals surface area contributed by atoms with Crippen LogP contribution in [0, 0.1) is 0 Å². The van der Waals surface area contributed by atoms with Crippen molar-refractivity contribution < 1.29 is 23.8 Å². The molecule has 0 aromatic heterocycles. The van der Waals surface area contributed by atoms with E-state index in [1.165, 1.54) is 4.90 Å². The van der Waals surface area contributed by atoms with Crippen LogP contribution in [0.3, 0.4) is 0 Å². The fraction of sp³-hybridized carbons (Fsp3) is 0.154. The Morgan fingerprint density at radius 1 is 0.971 bits per heavy atom. The standard InChI is InChI=1S/C26H21BrClNO5S/c1-32-23-14-18(4-11-22(23)34-16-17-2-5-19(27)6-3-17)15-24-25(30)29(26(31)35-24)12-13-33-21-9-7-20(28)8-10-21/h2-11,14-15H,12-13,16H2,1H3/b24-15-. The zero-order valence-corrected chi connectivity index (χ0v) is 21.9. The third-order valence-corrected chi connectivity index (χ3v) is 6.75. The molecule has 0 saturated carbocycles.